The summed E-state index contributed by atoms with van der Waals surface area (Å²) in [5.74, 6) is -3.70. The molecule has 1 aliphatic heterocycles. The van der Waals surface area contributed by atoms with Crippen LogP contribution in [0.3, 0.4) is 0 Å². The van der Waals surface area contributed by atoms with E-state index in [1.165, 1.54) is 6.20 Å². The van der Waals surface area contributed by atoms with Gasteiger partial charge in [-0.05, 0) is 56.0 Å². The predicted molar refractivity (Wildman–Crippen MR) is 121 cm³/mol. The Morgan fingerprint density at radius 2 is 1.91 bits per heavy atom. The Labute approximate surface area is 199 Å². The lowest BCUT2D eigenvalue weighted by Crippen LogP contribution is -2.58. The number of ether oxygens (including phenoxy) is 1. The summed E-state index contributed by atoms with van der Waals surface area (Å²) in [7, 11) is 0. The zero-order valence-corrected chi connectivity index (χ0v) is 18.5. The van der Waals surface area contributed by atoms with Crippen LogP contribution < -0.4 is 11.1 Å². The molecule has 10 heteroatoms. The molecule has 1 amide bonds. The van der Waals surface area contributed by atoms with Crippen LogP contribution in [0.5, 0.6) is 0 Å². The molecule has 182 valence electrons. The number of aliphatic hydroxyl groups is 1. The first kappa shape index (κ1) is 23.4. The minimum Gasteiger partial charge on any atom is -0.386 e. The van der Waals surface area contributed by atoms with E-state index in [-0.39, 0.29) is 5.69 Å². The Hall–Kier alpha value is -3.34. The molecule has 0 spiro atoms. The number of nitrogens with one attached hydrogen (secondary N) is 1. The van der Waals surface area contributed by atoms with E-state index >= 15 is 0 Å². The number of nitrogens with two attached hydrogens (primary N) is 1. The summed E-state index contributed by atoms with van der Waals surface area (Å²) in [5, 5.41) is 13.5. The Morgan fingerprint density at radius 1 is 1.14 bits per heavy atom. The van der Waals surface area contributed by atoms with Crippen molar-refractivity contribution in [3.05, 3.63) is 77.5 Å². The van der Waals surface area contributed by atoms with Gasteiger partial charge >= 0.3 is 0 Å². The molecule has 2 aliphatic rings. The van der Waals surface area contributed by atoms with Crippen molar-refractivity contribution in [2.45, 2.75) is 49.5 Å². The number of aromatic nitrogens is 2. The first-order valence-corrected chi connectivity index (χ1v) is 11.3. The Bertz CT molecular complexity index is 1270. The molecule has 7 nitrogen and oxygen atoms in total. The second-order valence-electron chi connectivity index (χ2n) is 8.88. The van der Waals surface area contributed by atoms with Gasteiger partial charge in [-0.3, -0.25) is 9.78 Å². The first-order valence-electron chi connectivity index (χ1n) is 11.3. The van der Waals surface area contributed by atoms with E-state index in [4.69, 9.17) is 10.5 Å². The van der Waals surface area contributed by atoms with E-state index in [1.807, 2.05) is 0 Å². The van der Waals surface area contributed by atoms with Gasteiger partial charge in [-0.15, -0.1) is 0 Å². The van der Waals surface area contributed by atoms with Crippen molar-refractivity contribution in [2.75, 3.05) is 5.32 Å². The van der Waals surface area contributed by atoms with Crippen LogP contribution in [0.25, 0.3) is 11.3 Å². The maximum Gasteiger partial charge on any atom is 0.274 e. The molecule has 4 N–H and O–H groups in total. The number of carbonyl (C=O) groups is 1. The zero-order chi connectivity index (χ0) is 24.7. The number of nitrogens with zero attached hydrogens (tertiary/aromatic N) is 2. The van der Waals surface area contributed by atoms with Gasteiger partial charge < -0.3 is 20.9 Å². The second-order valence-corrected chi connectivity index (χ2v) is 8.88. The van der Waals surface area contributed by atoms with Crippen LogP contribution >= 0.6 is 0 Å². The number of halogens is 3. The summed E-state index contributed by atoms with van der Waals surface area (Å²) in [6.07, 6.45) is 4.48. The average molecular weight is 484 g/mol. The molecule has 1 aliphatic carbocycles. The topological polar surface area (TPSA) is 110 Å². The summed E-state index contributed by atoms with van der Waals surface area (Å²) >= 11 is 0. The van der Waals surface area contributed by atoms with E-state index in [1.54, 1.807) is 12.3 Å². The van der Waals surface area contributed by atoms with Crippen LogP contribution in [0.1, 0.15) is 47.8 Å². The minimum absolute atomic E-state index is 0.245. The monoisotopic (exact) mass is 484 g/mol. The fourth-order valence-electron chi connectivity index (χ4n) is 4.93. The molecule has 1 aromatic carbocycles. The minimum atomic E-state index is -1.07. The fourth-order valence-corrected chi connectivity index (χ4v) is 4.93. The molecule has 5 rings (SSSR count). The van der Waals surface area contributed by atoms with E-state index in [0.29, 0.717) is 30.5 Å². The Balaban J connectivity index is 1.42. The van der Waals surface area contributed by atoms with Gasteiger partial charge in [0.15, 0.2) is 0 Å². The average Bonchev–Trinajstić information content (AvgIpc) is 3.22. The summed E-state index contributed by atoms with van der Waals surface area (Å²) in [6, 6.07) is 6.35. The molecule has 1 saturated heterocycles. The SMILES string of the molecule is NC1CC(c2ccncc2NC(=O)c2ccc(F)c(-c3c(F)cccc3F)n2)OC2CCCC12O. The number of benzene rings is 1. The third-order valence-corrected chi connectivity index (χ3v) is 6.77. The van der Waals surface area contributed by atoms with Crippen molar-refractivity contribution >= 4 is 11.6 Å². The number of pyridine rings is 2. The van der Waals surface area contributed by atoms with Crippen LogP contribution in [0.15, 0.2) is 48.8 Å². The van der Waals surface area contributed by atoms with Crippen LogP contribution in [0.4, 0.5) is 18.9 Å². The second kappa shape index (κ2) is 9.03. The normalized spacial score (nSPS) is 25.8. The van der Waals surface area contributed by atoms with E-state index in [9.17, 15) is 23.1 Å². The van der Waals surface area contributed by atoms with Gasteiger partial charge in [-0.1, -0.05) is 6.07 Å². The van der Waals surface area contributed by atoms with Gasteiger partial charge in [0.1, 0.15) is 34.4 Å². The van der Waals surface area contributed by atoms with Crippen molar-refractivity contribution < 1.29 is 27.8 Å². The Morgan fingerprint density at radius 3 is 2.69 bits per heavy atom. The molecule has 0 radical (unpaired) electrons. The molecule has 35 heavy (non-hydrogen) atoms. The highest BCUT2D eigenvalue weighted by Gasteiger charge is 2.51. The maximum absolute atomic E-state index is 14.4. The lowest BCUT2D eigenvalue weighted by molar-refractivity contribution is -0.171. The number of hydrogen-bond donors (Lipinski definition) is 3. The summed E-state index contributed by atoms with van der Waals surface area (Å²) in [4.78, 5) is 20.9. The van der Waals surface area contributed by atoms with Crippen LogP contribution in [-0.4, -0.2) is 38.7 Å². The highest BCUT2D eigenvalue weighted by Crippen LogP contribution is 2.45. The zero-order valence-electron chi connectivity index (χ0n) is 18.5. The Kier molecular flexibility index (Phi) is 6.04. The summed E-state index contributed by atoms with van der Waals surface area (Å²) < 4.78 is 49.0. The number of rotatable bonds is 4. The number of fused-ring (bicyclic) bond motifs is 1. The molecule has 1 saturated carbocycles. The molecule has 3 aromatic rings. The van der Waals surface area contributed by atoms with Crippen molar-refractivity contribution in [1.82, 2.24) is 9.97 Å². The van der Waals surface area contributed by atoms with E-state index in [2.05, 4.69) is 15.3 Å². The smallest absolute Gasteiger partial charge is 0.274 e. The molecular weight excluding hydrogens is 461 g/mol. The third-order valence-electron chi connectivity index (χ3n) is 6.77. The molecule has 4 atom stereocenters. The maximum atomic E-state index is 14.4. The summed E-state index contributed by atoms with van der Waals surface area (Å²) in [6.45, 7) is 0. The fraction of sp³-hybridized carbons (Fsp3) is 0.320. The van der Waals surface area contributed by atoms with Crippen molar-refractivity contribution in [3.8, 4) is 11.3 Å². The van der Waals surface area contributed by atoms with Gasteiger partial charge in [0, 0.05) is 17.8 Å². The standard InChI is InChI=1S/C25H23F3N4O3/c26-14-3-1-4-15(27)22(14)23-16(28)6-7-17(31-23)24(33)32-18-12-30-10-8-13(18)19-11-20(29)25(34)9-2-5-21(25)35-19/h1,3-4,6-8,10,12,19-21,34H,2,5,9,11,29H2,(H,32,33). The molecule has 3 heterocycles. The molecule has 0 bridgehead atoms. The number of amides is 1. The molecular formula is C25H23F3N4O3. The van der Waals surface area contributed by atoms with Crippen LogP contribution in [0, 0.1) is 17.5 Å². The van der Waals surface area contributed by atoms with Crippen molar-refractivity contribution in [2.24, 2.45) is 5.73 Å². The first-order chi connectivity index (χ1) is 16.8. The predicted octanol–water partition coefficient (Wildman–Crippen LogP) is 3.89. The van der Waals surface area contributed by atoms with Gasteiger partial charge in [0.05, 0.1) is 29.7 Å². The highest BCUT2D eigenvalue weighted by atomic mass is 19.1. The number of carbonyl (C=O) groups excluding carboxylic acids is 1. The summed E-state index contributed by atoms with van der Waals surface area (Å²) in [5.41, 5.74) is 4.65. The molecule has 2 fully saturated rings. The number of anilines is 1. The lowest BCUT2D eigenvalue weighted by atomic mass is 9.83. The largest absolute Gasteiger partial charge is 0.386 e. The van der Waals surface area contributed by atoms with Gasteiger partial charge in [0.2, 0.25) is 0 Å². The molecule has 2 aromatic heterocycles. The quantitative estimate of drug-likeness (QED) is 0.518. The lowest BCUT2D eigenvalue weighted by Gasteiger charge is -2.43. The van der Waals surface area contributed by atoms with E-state index in [0.717, 1.165) is 36.8 Å². The van der Waals surface area contributed by atoms with E-state index < -0.39 is 58.5 Å². The highest BCUT2D eigenvalue weighted by molar-refractivity contribution is 6.03. The molecule has 4 unspecified atom stereocenters. The number of hydrogen-bond acceptors (Lipinski definition) is 6. The van der Waals surface area contributed by atoms with Crippen LogP contribution in [0.2, 0.25) is 0 Å². The van der Waals surface area contributed by atoms with Crippen molar-refractivity contribution in [1.29, 1.82) is 0 Å². The van der Waals surface area contributed by atoms with Crippen LogP contribution in [-0.2, 0) is 4.74 Å². The van der Waals surface area contributed by atoms with Gasteiger partial charge in [-0.2, -0.15) is 0 Å². The third kappa shape index (κ3) is 4.18. The van der Waals surface area contributed by atoms with Gasteiger partial charge in [-0.25, -0.2) is 18.2 Å². The van der Waals surface area contributed by atoms with Crippen molar-refractivity contribution in [3.63, 3.8) is 0 Å². The van der Waals surface area contributed by atoms with Gasteiger partial charge in [0.25, 0.3) is 5.91 Å².